The molecule has 2 N–H and O–H groups in total. The molecule has 0 atom stereocenters. The van der Waals surface area contributed by atoms with Crippen LogP contribution in [-0.4, -0.2) is 15.5 Å². The van der Waals surface area contributed by atoms with Gasteiger partial charge in [0.25, 0.3) is 5.91 Å². The highest BCUT2D eigenvalue weighted by Crippen LogP contribution is 2.19. The van der Waals surface area contributed by atoms with Gasteiger partial charge < -0.3 is 14.9 Å². The molecule has 0 spiro atoms. The van der Waals surface area contributed by atoms with E-state index in [2.05, 4.69) is 26.2 Å². The van der Waals surface area contributed by atoms with Gasteiger partial charge in [0.1, 0.15) is 5.69 Å². The first-order valence-corrected chi connectivity index (χ1v) is 6.63. The molecule has 0 bridgehead atoms. The van der Waals surface area contributed by atoms with Crippen molar-refractivity contribution in [3.8, 4) is 0 Å². The molecule has 0 aliphatic carbocycles. The molecule has 96 valence electrons. The minimum Gasteiger partial charge on any atom is -0.361 e. The maximum Gasteiger partial charge on any atom is 0.272 e. The number of anilines is 1. The molecule has 3 aromatic rings. The second-order valence-electron chi connectivity index (χ2n) is 4.39. The van der Waals surface area contributed by atoms with Crippen LogP contribution in [-0.2, 0) is 7.05 Å². The lowest BCUT2D eigenvalue weighted by atomic mass is 10.2. The molecule has 2 heterocycles. The predicted octanol–water partition coefficient (Wildman–Crippen LogP) is 3.52. The molecule has 1 amide bonds. The van der Waals surface area contributed by atoms with Crippen molar-refractivity contribution in [1.29, 1.82) is 0 Å². The van der Waals surface area contributed by atoms with Crippen LogP contribution in [0.5, 0.6) is 0 Å². The van der Waals surface area contributed by atoms with Crippen molar-refractivity contribution >= 4 is 38.4 Å². The number of carbonyl (C=O) groups excluding carboxylic acids is 1. The molecule has 0 aliphatic heterocycles. The third-order valence-electron chi connectivity index (χ3n) is 3.02. The van der Waals surface area contributed by atoms with Crippen LogP contribution in [0.25, 0.3) is 10.9 Å². The average molecular weight is 318 g/mol. The van der Waals surface area contributed by atoms with E-state index in [1.54, 1.807) is 10.6 Å². The zero-order valence-electron chi connectivity index (χ0n) is 10.3. The van der Waals surface area contributed by atoms with E-state index in [4.69, 9.17) is 0 Å². The van der Waals surface area contributed by atoms with Gasteiger partial charge in [-0.3, -0.25) is 4.79 Å². The van der Waals surface area contributed by atoms with Crippen LogP contribution in [0.15, 0.2) is 47.2 Å². The number of aromatic nitrogens is 2. The third-order valence-corrected chi connectivity index (χ3v) is 3.45. The lowest BCUT2D eigenvalue weighted by Gasteiger charge is -2.06. The number of nitrogens with zero attached hydrogens (tertiary/aromatic N) is 1. The number of aromatic amines is 1. The van der Waals surface area contributed by atoms with Gasteiger partial charge in [-0.05, 0) is 46.3 Å². The number of aryl methyl sites for hydroxylation is 1. The molecule has 0 saturated heterocycles. The Morgan fingerprint density at radius 1 is 1.32 bits per heavy atom. The van der Waals surface area contributed by atoms with Crippen LogP contribution in [0.3, 0.4) is 0 Å². The lowest BCUT2D eigenvalue weighted by Crippen LogP contribution is -2.15. The fourth-order valence-electron chi connectivity index (χ4n) is 2.08. The number of halogens is 1. The van der Waals surface area contributed by atoms with Crippen molar-refractivity contribution in [1.82, 2.24) is 9.55 Å². The fourth-order valence-corrected chi connectivity index (χ4v) is 2.60. The molecule has 1 aromatic carbocycles. The van der Waals surface area contributed by atoms with Crippen molar-refractivity contribution in [2.24, 2.45) is 7.05 Å². The minimum atomic E-state index is -0.122. The molecular formula is C14H12BrN3O. The molecule has 5 heteroatoms. The van der Waals surface area contributed by atoms with Gasteiger partial charge in [-0.1, -0.05) is 0 Å². The summed E-state index contributed by atoms with van der Waals surface area (Å²) in [4.78, 5) is 15.3. The molecule has 0 aliphatic rings. The van der Waals surface area contributed by atoms with E-state index in [0.717, 1.165) is 21.1 Å². The zero-order valence-corrected chi connectivity index (χ0v) is 11.9. The number of carbonyl (C=O) groups is 1. The molecule has 0 saturated carbocycles. The molecule has 0 radical (unpaired) electrons. The monoisotopic (exact) mass is 317 g/mol. The summed E-state index contributed by atoms with van der Waals surface area (Å²) < 4.78 is 2.68. The summed E-state index contributed by atoms with van der Waals surface area (Å²) in [6.45, 7) is 0. The first kappa shape index (κ1) is 12.0. The maximum atomic E-state index is 12.2. The number of amides is 1. The van der Waals surface area contributed by atoms with Gasteiger partial charge in [-0.15, -0.1) is 0 Å². The Morgan fingerprint density at radius 2 is 2.16 bits per heavy atom. The van der Waals surface area contributed by atoms with Gasteiger partial charge in [-0.25, -0.2) is 0 Å². The molecule has 4 nitrogen and oxygen atoms in total. The summed E-state index contributed by atoms with van der Waals surface area (Å²) in [6, 6.07) is 9.55. The van der Waals surface area contributed by atoms with Crippen LogP contribution in [0.1, 0.15) is 10.5 Å². The van der Waals surface area contributed by atoms with Crippen molar-refractivity contribution in [3.63, 3.8) is 0 Å². The Hall–Kier alpha value is -2.01. The fraction of sp³-hybridized carbons (Fsp3) is 0.0714. The van der Waals surface area contributed by atoms with Gasteiger partial charge in [0.15, 0.2) is 0 Å². The number of H-pyrrole nitrogens is 1. The SMILES string of the molecule is Cn1cc(Br)cc1C(=O)Nc1ccc2[nH]ccc2c1. The minimum absolute atomic E-state index is 0.122. The first-order chi connectivity index (χ1) is 9.13. The van der Waals surface area contributed by atoms with Gasteiger partial charge >= 0.3 is 0 Å². The molecule has 2 aromatic heterocycles. The number of nitrogens with one attached hydrogen (secondary N) is 2. The van der Waals surface area contributed by atoms with Crippen LogP contribution in [0, 0.1) is 0 Å². The Bertz CT molecular complexity index is 757. The van der Waals surface area contributed by atoms with E-state index in [0.29, 0.717) is 5.69 Å². The van der Waals surface area contributed by atoms with Crippen LogP contribution >= 0.6 is 15.9 Å². The lowest BCUT2D eigenvalue weighted by molar-refractivity contribution is 0.101. The summed E-state index contributed by atoms with van der Waals surface area (Å²) in [5.41, 5.74) is 2.45. The second kappa shape index (κ2) is 4.59. The van der Waals surface area contributed by atoms with Gasteiger partial charge in [0.2, 0.25) is 0 Å². The normalized spacial score (nSPS) is 10.8. The molecule has 0 unspecified atom stereocenters. The predicted molar refractivity (Wildman–Crippen MR) is 79.4 cm³/mol. The Morgan fingerprint density at radius 3 is 2.89 bits per heavy atom. The number of benzene rings is 1. The standard InChI is InChI=1S/C14H12BrN3O/c1-18-8-10(15)7-13(18)14(19)17-11-2-3-12-9(6-11)4-5-16-12/h2-8,16H,1H3,(H,17,19). The van der Waals surface area contributed by atoms with E-state index >= 15 is 0 Å². The maximum absolute atomic E-state index is 12.2. The van der Waals surface area contributed by atoms with Crippen LogP contribution < -0.4 is 5.32 Å². The van der Waals surface area contributed by atoms with E-state index in [1.165, 1.54) is 0 Å². The largest absolute Gasteiger partial charge is 0.361 e. The number of fused-ring (bicyclic) bond motifs is 1. The highest BCUT2D eigenvalue weighted by molar-refractivity contribution is 9.10. The van der Waals surface area contributed by atoms with E-state index < -0.39 is 0 Å². The molecule has 0 fully saturated rings. The third kappa shape index (κ3) is 2.29. The molecular weight excluding hydrogens is 306 g/mol. The Labute approximate surface area is 118 Å². The van der Waals surface area contributed by atoms with Crippen molar-refractivity contribution in [2.75, 3.05) is 5.32 Å². The van der Waals surface area contributed by atoms with Crippen molar-refractivity contribution in [3.05, 3.63) is 52.9 Å². The molecule has 3 rings (SSSR count). The highest BCUT2D eigenvalue weighted by atomic mass is 79.9. The number of hydrogen-bond donors (Lipinski definition) is 2. The summed E-state index contributed by atoms with van der Waals surface area (Å²) >= 11 is 3.36. The summed E-state index contributed by atoms with van der Waals surface area (Å²) in [7, 11) is 1.84. The van der Waals surface area contributed by atoms with E-state index in [1.807, 2.05) is 43.7 Å². The van der Waals surface area contributed by atoms with Gasteiger partial charge in [-0.2, -0.15) is 0 Å². The summed E-state index contributed by atoms with van der Waals surface area (Å²) in [5, 5.41) is 3.97. The highest BCUT2D eigenvalue weighted by Gasteiger charge is 2.11. The van der Waals surface area contributed by atoms with Crippen molar-refractivity contribution < 1.29 is 4.79 Å². The van der Waals surface area contributed by atoms with Crippen molar-refractivity contribution in [2.45, 2.75) is 0 Å². The van der Waals surface area contributed by atoms with E-state index in [9.17, 15) is 4.79 Å². The zero-order chi connectivity index (χ0) is 13.4. The smallest absolute Gasteiger partial charge is 0.272 e. The Balaban J connectivity index is 1.88. The van der Waals surface area contributed by atoms with Gasteiger partial charge in [0, 0.05) is 40.5 Å². The van der Waals surface area contributed by atoms with E-state index in [-0.39, 0.29) is 5.91 Å². The molecule has 19 heavy (non-hydrogen) atoms. The van der Waals surface area contributed by atoms with Gasteiger partial charge in [0.05, 0.1) is 0 Å². The number of hydrogen-bond acceptors (Lipinski definition) is 1. The first-order valence-electron chi connectivity index (χ1n) is 5.84. The van der Waals surface area contributed by atoms with Crippen LogP contribution in [0.2, 0.25) is 0 Å². The average Bonchev–Trinajstić information content (AvgIpc) is 2.94. The topological polar surface area (TPSA) is 49.8 Å². The second-order valence-corrected chi connectivity index (χ2v) is 5.30. The Kier molecular flexibility index (Phi) is 2.91. The number of rotatable bonds is 2. The van der Waals surface area contributed by atoms with Crippen LogP contribution in [0.4, 0.5) is 5.69 Å². The summed E-state index contributed by atoms with van der Waals surface area (Å²) in [6.07, 6.45) is 3.73. The summed E-state index contributed by atoms with van der Waals surface area (Å²) in [5.74, 6) is -0.122. The quantitative estimate of drug-likeness (QED) is 0.746.